The molecule has 0 amide bonds. The van der Waals surface area contributed by atoms with Gasteiger partial charge in [-0.1, -0.05) is 30.3 Å². The van der Waals surface area contributed by atoms with Crippen LogP contribution in [0.3, 0.4) is 0 Å². The lowest BCUT2D eigenvalue weighted by Gasteiger charge is -2.16. The first-order valence-electron chi connectivity index (χ1n) is 10.1. The Labute approximate surface area is 195 Å². The number of nitrogens with zero attached hydrogens (tertiary/aromatic N) is 2. The molecule has 0 spiro atoms. The summed E-state index contributed by atoms with van der Waals surface area (Å²) in [5.41, 5.74) is 5.01. The van der Waals surface area contributed by atoms with Gasteiger partial charge in [0.1, 0.15) is 6.61 Å². The van der Waals surface area contributed by atoms with E-state index >= 15 is 0 Å². The van der Waals surface area contributed by atoms with E-state index in [1.165, 1.54) is 24.7 Å². The highest BCUT2D eigenvalue weighted by Gasteiger charge is 2.22. The molecule has 3 rings (SSSR count). The average molecular weight is 469 g/mol. The van der Waals surface area contributed by atoms with Crippen LogP contribution in [0, 0.1) is 0 Å². The fourth-order valence-electron chi connectivity index (χ4n) is 2.91. The molecule has 1 aromatic heterocycles. The van der Waals surface area contributed by atoms with Crippen molar-refractivity contribution in [3.63, 3.8) is 0 Å². The molecule has 1 heterocycles. The van der Waals surface area contributed by atoms with E-state index in [0.717, 1.165) is 5.56 Å². The molecule has 0 saturated carbocycles. The molecule has 0 radical (unpaired) electrons. The minimum atomic E-state index is -1.77. The van der Waals surface area contributed by atoms with Gasteiger partial charge >= 0.3 is 13.1 Å². The molecule has 3 aromatic rings. The summed E-state index contributed by atoms with van der Waals surface area (Å²) >= 11 is 1.30. The molecule has 0 aliphatic carbocycles. The number of hydrogen-bond donors (Lipinski definition) is 3. The molecule has 0 saturated heterocycles. The second-order valence-corrected chi connectivity index (χ2v) is 7.64. The highest BCUT2D eigenvalue weighted by molar-refractivity contribution is 7.13. The summed E-state index contributed by atoms with van der Waals surface area (Å²) in [7, 11) is -0.298. The molecule has 33 heavy (non-hydrogen) atoms. The van der Waals surface area contributed by atoms with Crippen molar-refractivity contribution < 1.29 is 29.1 Å². The predicted molar refractivity (Wildman–Crippen MR) is 127 cm³/mol. The van der Waals surface area contributed by atoms with Crippen molar-refractivity contribution in [2.45, 2.75) is 20.0 Å². The maximum Gasteiger partial charge on any atom is 0.492 e. The molecule has 3 N–H and O–H groups in total. The van der Waals surface area contributed by atoms with E-state index in [2.05, 4.69) is 15.5 Å². The lowest BCUT2D eigenvalue weighted by molar-refractivity contribution is -0.142. The van der Waals surface area contributed by atoms with E-state index in [-0.39, 0.29) is 30.2 Å². The van der Waals surface area contributed by atoms with Crippen LogP contribution in [0.2, 0.25) is 0 Å². The second-order valence-electron chi connectivity index (χ2n) is 6.79. The molecule has 2 aromatic carbocycles. The maximum atomic E-state index is 11.6. The lowest BCUT2D eigenvalue weighted by Crippen LogP contribution is -2.32. The van der Waals surface area contributed by atoms with Gasteiger partial charge in [0, 0.05) is 10.8 Å². The first kappa shape index (κ1) is 24.2. The number of anilines is 1. The largest absolute Gasteiger partial charge is 0.493 e. The van der Waals surface area contributed by atoms with Crippen molar-refractivity contribution in [3.05, 3.63) is 64.7 Å². The van der Waals surface area contributed by atoms with E-state index in [0.29, 0.717) is 28.7 Å². The zero-order chi connectivity index (χ0) is 23.6. The Hall–Kier alpha value is -3.41. The molecule has 11 heteroatoms. The quantitative estimate of drug-likeness (QED) is 0.169. The number of esters is 1. The van der Waals surface area contributed by atoms with E-state index < -0.39 is 7.12 Å². The van der Waals surface area contributed by atoms with Crippen molar-refractivity contribution in [2.24, 2.45) is 5.10 Å². The van der Waals surface area contributed by atoms with Crippen LogP contribution in [0.1, 0.15) is 23.7 Å². The Kier molecular flexibility index (Phi) is 8.82. The van der Waals surface area contributed by atoms with Crippen molar-refractivity contribution in [2.75, 3.05) is 19.1 Å². The number of rotatable bonds is 11. The molecule has 9 nitrogen and oxygen atoms in total. The van der Waals surface area contributed by atoms with E-state index in [4.69, 9.17) is 14.2 Å². The number of hydrogen-bond acceptors (Lipinski definition) is 10. The first-order valence-corrected chi connectivity index (χ1v) is 11.0. The van der Waals surface area contributed by atoms with Gasteiger partial charge in [-0.3, -0.25) is 10.2 Å². The first-order chi connectivity index (χ1) is 16.0. The number of nitrogens with one attached hydrogen (secondary N) is 1. The second kappa shape index (κ2) is 12.0. The van der Waals surface area contributed by atoms with E-state index in [9.17, 15) is 14.8 Å². The van der Waals surface area contributed by atoms with Gasteiger partial charge in [-0.25, -0.2) is 4.98 Å². The number of thiazole rings is 1. The monoisotopic (exact) mass is 469 g/mol. The lowest BCUT2D eigenvalue weighted by atomic mass is 9.78. The van der Waals surface area contributed by atoms with Gasteiger partial charge in [0.05, 0.1) is 32.0 Å². The van der Waals surface area contributed by atoms with Gasteiger partial charge < -0.3 is 24.3 Å². The van der Waals surface area contributed by atoms with Crippen LogP contribution in [-0.4, -0.2) is 48.1 Å². The van der Waals surface area contributed by atoms with Crippen LogP contribution in [0.25, 0.3) is 0 Å². The summed E-state index contributed by atoms with van der Waals surface area (Å²) in [5.74, 6) is 0.239. The molecular formula is C22H24BN3O6S. The van der Waals surface area contributed by atoms with Gasteiger partial charge in [0.25, 0.3) is 0 Å². The molecule has 0 atom stereocenters. The summed E-state index contributed by atoms with van der Waals surface area (Å²) in [6.45, 7) is 2.31. The molecule has 0 unspecified atom stereocenters. The Bertz CT molecular complexity index is 1090. The number of methoxy groups -OCH3 is 1. The predicted octanol–water partition coefficient (Wildman–Crippen LogP) is 1.96. The third kappa shape index (κ3) is 7.04. The minimum absolute atomic E-state index is 0.0924. The molecule has 0 aliphatic rings. The summed E-state index contributed by atoms with van der Waals surface area (Å²) in [6.07, 6.45) is 1.58. The Morgan fingerprint density at radius 1 is 1.27 bits per heavy atom. The number of aromatic nitrogens is 1. The standard InChI is InChI=1S/C22H24BN3O6S/c1-3-31-20(27)11-17-14-33-22(25-17)26-24-12-16-9-18(23(28)29)21(19(10-16)30-2)32-13-15-7-5-4-6-8-15/h4-10,12,14,28-29H,3,11,13H2,1-2H3,(H,25,26). The zero-order valence-corrected chi connectivity index (χ0v) is 19.0. The van der Waals surface area contributed by atoms with Crippen LogP contribution < -0.4 is 20.4 Å². The highest BCUT2D eigenvalue weighted by Crippen LogP contribution is 2.27. The molecular weight excluding hydrogens is 445 g/mol. The third-order valence-electron chi connectivity index (χ3n) is 4.39. The molecule has 0 fully saturated rings. The highest BCUT2D eigenvalue weighted by atomic mass is 32.1. The van der Waals surface area contributed by atoms with Crippen LogP contribution in [0.15, 0.2) is 52.9 Å². The number of hydrazone groups is 1. The number of carbonyl (C=O) groups excluding carboxylic acids is 1. The van der Waals surface area contributed by atoms with Crippen molar-refractivity contribution in [1.29, 1.82) is 0 Å². The Morgan fingerprint density at radius 2 is 2.06 bits per heavy atom. The molecule has 172 valence electrons. The number of carbonyl (C=O) groups is 1. The topological polar surface area (TPSA) is 123 Å². The Morgan fingerprint density at radius 3 is 2.76 bits per heavy atom. The van der Waals surface area contributed by atoms with Gasteiger partial charge in [0.15, 0.2) is 11.5 Å². The van der Waals surface area contributed by atoms with E-state index in [1.807, 2.05) is 30.3 Å². The summed E-state index contributed by atoms with van der Waals surface area (Å²) < 4.78 is 16.2. The average Bonchev–Trinajstić information content (AvgIpc) is 3.25. The van der Waals surface area contributed by atoms with Gasteiger partial charge in [0.2, 0.25) is 5.13 Å². The van der Waals surface area contributed by atoms with E-state index in [1.54, 1.807) is 24.4 Å². The van der Waals surface area contributed by atoms with Crippen LogP contribution in [-0.2, 0) is 22.6 Å². The van der Waals surface area contributed by atoms with Crippen LogP contribution in [0.5, 0.6) is 11.5 Å². The maximum absolute atomic E-state index is 11.6. The van der Waals surface area contributed by atoms with Gasteiger partial charge in [-0.15, -0.1) is 11.3 Å². The fourth-order valence-corrected chi connectivity index (χ4v) is 3.57. The van der Waals surface area contributed by atoms with Gasteiger partial charge in [-0.05, 0) is 30.2 Å². The minimum Gasteiger partial charge on any atom is -0.493 e. The SMILES string of the molecule is CCOC(=O)Cc1csc(NN=Cc2cc(OC)c(OCc3ccccc3)c(B(O)O)c2)n1. The Balaban J connectivity index is 1.71. The molecule has 0 bridgehead atoms. The third-order valence-corrected chi connectivity index (χ3v) is 5.18. The van der Waals surface area contributed by atoms with Crippen LogP contribution >= 0.6 is 11.3 Å². The summed E-state index contributed by atoms with van der Waals surface area (Å²) in [6, 6.07) is 12.7. The van der Waals surface area contributed by atoms with Crippen LogP contribution in [0.4, 0.5) is 5.13 Å². The van der Waals surface area contributed by atoms with Gasteiger partial charge in [-0.2, -0.15) is 5.10 Å². The number of benzene rings is 2. The zero-order valence-electron chi connectivity index (χ0n) is 18.2. The fraction of sp³-hybridized carbons (Fsp3) is 0.227. The van der Waals surface area contributed by atoms with Crippen molar-refractivity contribution in [1.82, 2.24) is 4.98 Å². The summed E-state index contributed by atoms with van der Waals surface area (Å²) in [4.78, 5) is 15.8. The smallest absolute Gasteiger partial charge is 0.492 e. The van der Waals surface area contributed by atoms with Crippen molar-refractivity contribution >= 4 is 41.2 Å². The number of ether oxygens (including phenoxy) is 3. The normalized spacial score (nSPS) is 10.8. The summed E-state index contributed by atoms with van der Waals surface area (Å²) in [5, 5.41) is 26.1. The molecule has 0 aliphatic heterocycles. The van der Waals surface area contributed by atoms with Crippen molar-refractivity contribution in [3.8, 4) is 11.5 Å².